The molecule has 94 valence electrons. The molecule has 0 saturated carbocycles. The fourth-order valence-corrected chi connectivity index (χ4v) is 2.87. The van der Waals surface area contributed by atoms with E-state index in [0.717, 1.165) is 6.54 Å². The lowest BCUT2D eigenvalue weighted by Gasteiger charge is -2.40. The average molecular weight is 232 g/mol. The Balaban J connectivity index is 2.00. The summed E-state index contributed by atoms with van der Waals surface area (Å²) in [6, 6.07) is 11.9. The van der Waals surface area contributed by atoms with Crippen LogP contribution in [0.1, 0.15) is 44.7 Å². The van der Waals surface area contributed by atoms with Crippen LogP contribution in [0.5, 0.6) is 0 Å². The maximum Gasteiger partial charge on any atom is 0.0424 e. The number of hydrogen-bond acceptors (Lipinski definition) is 2. The molecular weight excluding hydrogens is 208 g/mol. The highest BCUT2D eigenvalue weighted by Gasteiger charge is 2.26. The van der Waals surface area contributed by atoms with Gasteiger partial charge < -0.3 is 5.73 Å². The third-order valence-corrected chi connectivity index (χ3v) is 4.01. The van der Waals surface area contributed by atoms with E-state index < -0.39 is 0 Å². The van der Waals surface area contributed by atoms with Crippen molar-refractivity contribution in [1.82, 2.24) is 4.90 Å². The number of rotatable bonds is 3. The number of benzene rings is 1. The standard InChI is InChI=1S/C15H24N2/c1-12-7-6-8-13(2)17(12)11-15(16)14-9-4-3-5-10-14/h3-5,9-10,12-13,15H,6-8,11,16H2,1-2H3. The van der Waals surface area contributed by atoms with Gasteiger partial charge in [-0.1, -0.05) is 36.8 Å². The van der Waals surface area contributed by atoms with Crippen LogP contribution in [-0.4, -0.2) is 23.5 Å². The van der Waals surface area contributed by atoms with Crippen molar-refractivity contribution in [2.24, 2.45) is 5.73 Å². The fraction of sp³-hybridized carbons (Fsp3) is 0.600. The van der Waals surface area contributed by atoms with Crippen LogP contribution in [0.25, 0.3) is 0 Å². The molecule has 1 saturated heterocycles. The summed E-state index contributed by atoms with van der Waals surface area (Å²) in [5, 5.41) is 0. The Morgan fingerprint density at radius 2 is 1.76 bits per heavy atom. The monoisotopic (exact) mass is 232 g/mol. The van der Waals surface area contributed by atoms with Crippen molar-refractivity contribution in [3.05, 3.63) is 35.9 Å². The maximum atomic E-state index is 6.31. The van der Waals surface area contributed by atoms with Gasteiger partial charge in [-0.3, -0.25) is 4.90 Å². The van der Waals surface area contributed by atoms with E-state index in [1.165, 1.54) is 24.8 Å². The first-order valence-corrected chi connectivity index (χ1v) is 6.74. The van der Waals surface area contributed by atoms with Crippen LogP contribution in [0.3, 0.4) is 0 Å². The summed E-state index contributed by atoms with van der Waals surface area (Å²) in [5.41, 5.74) is 7.56. The van der Waals surface area contributed by atoms with Crippen molar-refractivity contribution < 1.29 is 0 Å². The molecule has 1 aliphatic heterocycles. The number of nitrogens with zero attached hydrogens (tertiary/aromatic N) is 1. The molecule has 2 N–H and O–H groups in total. The summed E-state index contributed by atoms with van der Waals surface area (Å²) in [6.45, 7) is 5.63. The van der Waals surface area contributed by atoms with Crippen molar-refractivity contribution in [2.75, 3.05) is 6.54 Å². The quantitative estimate of drug-likeness (QED) is 0.868. The maximum absolute atomic E-state index is 6.31. The summed E-state index contributed by atoms with van der Waals surface area (Å²) in [6.07, 6.45) is 3.98. The Morgan fingerprint density at radius 3 is 2.35 bits per heavy atom. The number of hydrogen-bond donors (Lipinski definition) is 1. The summed E-state index contributed by atoms with van der Waals surface area (Å²) >= 11 is 0. The minimum atomic E-state index is 0.138. The minimum Gasteiger partial charge on any atom is -0.323 e. The van der Waals surface area contributed by atoms with E-state index in [0.29, 0.717) is 12.1 Å². The molecule has 17 heavy (non-hydrogen) atoms. The molecule has 2 nitrogen and oxygen atoms in total. The Hall–Kier alpha value is -0.860. The zero-order valence-electron chi connectivity index (χ0n) is 11.0. The highest BCUT2D eigenvalue weighted by Crippen LogP contribution is 2.24. The minimum absolute atomic E-state index is 0.138. The zero-order chi connectivity index (χ0) is 12.3. The van der Waals surface area contributed by atoms with E-state index in [1.807, 2.05) is 6.07 Å². The first kappa shape index (κ1) is 12.6. The number of piperidine rings is 1. The highest BCUT2D eigenvalue weighted by atomic mass is 15.2. The molecule has 1 aromatic rings. The predicted octanol–water partition coefficient (Wildman–Crippen LogP) is 2.95. The van der Waals surface area contributed by atoms with Gasteiger partial charge in [-0.2, -0.15) is 0 Å². The van der Waals surface area contributed by atoms with Gasteiger partial charge in [-0.05, 0) is 32.3 Å². The Bertz CT molecular complexity index is 326. The highest BCUT2D eigenvalue weighted by molar-refractivity contribution is 5.18. The molecule has 1 heterocycles. The van der Waals surface area contributed by atoms with E-state index >= 15 is 0 Å². The lowest BCUT2D eigenvalue weighted by atomic mass is 9.96. The molecule has 3 atom stereocenters. The Morgan fingerprint density at radius 1 is 1.18 bits per heavy atom. The lowest BCUT2D eigenvalue weighted by molar-refractivity contribution is 0.0961. The fourth-order valence-electron chi connectivity index (χ4n) is 2.87. The SMILES string of the molecule is CC1CCCC(C)N1CC(N)c1ccccc1. The second kappa shape index (κ2) is 5.65. The number of likely N-dealkylation sites (tertiary alicyclic amines) is 1. The second-order valence-electron chi connectivity index (χ2n) is 5.34. The summed E-state index contributed by atoms with van der Waals surface area (Å²) in [4.78, 5) is 2.57. The van der Waals surface area contributed by atoms with Crippen LogP contribution in [0, 0.1) is 0 Å². The van der Waals surface area contributed by atoms with Gasteiger partial charge >= 0.3 is 0 Å². The smallest absolute Gasteiger partial charge is 0.0424 e. The summed E-state index contributed by atoms with van der Waals surface area (Å²) < 4.78 is 0. The lowest BCUT2D eigenvalue weighted by Crippen LogP contribution is -2.46. The zero-order valence-corrected chi connectivity index (χ0v) is 11.0. The van der Waals surface area contributed by atoms with Crippen molar-refractivity contribution in [2.45, 2.75) is 51.2 Å². The molecule has 0 aromatic heterocycles. The third-order valence-electron chi connectivity index (χ3n) is 4.01. The largest absolute Gasteiger partial charge is 0.323 e. The summed E-state index contributed by atoms with van der Waals surface area (Å²) in [5.74, 6) is 0. The molecule has 3 unspecified atom stereocenters. The van der Waals surface area contributed by atoms with E-state index in [4.69, 9.17) is 5.73 Å². The second-order valence-corrected chi connectivity index (χ2v) is 5.34. The molecule has 2 rings (SSSR count). The van der Waals surface area contributed by atoms with Crippen molar-refractivity contribution in [3.8, 4) is 0 Å². The normalized spacial score (nSPS) is 27.9. The third kappa shape index (κ3) is 3.08. The van der Waals surface area contributed by atoms with Crippen LogP contribution in [0.15, 0.2) is 30.3 Å². The molecule has 0 spiro atoms. The van der Waals surface area contributed by atoms with Gasteiger partial charge in [-0.15, -0.1) is 0 Å². The van der Waals surface area contributed by atoms with Crippen molar-refractivity contribution >= 4 is 0 Å². The Kier molecular flexibility index (Phi) is 4.19. The van der Waals surface area contributed by atoms with Crippen LogP contribution >= 0.6 is 0 Å². The molecule has 1 aliphatic rings. The van der Waals surface area contributed by atoms with Crippen molar-refractivity contribution in [1.29, 1.82) is 0 Å². The molecule has 1 fully saturated rings. The van der Waals surface area contributed by atoms with Crippen LogP contribution in [0.2, 0.25) is 0 Å². The van der Waals surface area contributed by atoms with Crippen LogP contribution in [-0.2, 0) is 0 Å². The van der Waals surface area contributed by atoms with E-state index in [1.54, 1.807) is 0 Å². The molecule has 0 bridgehead atoms. The van der Waals surface area contributed by atoms with Gasteiger partial charge in [0.25, 0.3) is 0 Å². The molecule has 0 amide bonds. The first-order chi connectivity index (χ1) is 8.18. The average Bonchev–Trinajstić information content (AvgIpc) is 2.35. The predicted molar refractivity (Wildman–Crippen MR) is 72.9 cm³/mol. The topological polar surface area (TPSA) is 29.3 Å². The van der Waals surface area contributed by atoms with Gasteiger partial charge in [0, 0.05) is 24.7 Å². The first-order valence-electron chi connectivity index (χ1n) is 6.74. The molecule has 2 heteroatoms. The van der Waals surface area contributed by atoms with Gasteiger partial charge in [-0.25, -0.2) is 0 Å². The molecule has 0 aliphatic carbocycles. The van der Waals surface area contributed by atoms with Gasteiger partial charge in [0.05, 0.1) is 0 Å². The van der Waals surface area contributed by atoms with Crippen LogP contribution in [0.4, 0.5) is 0 Å². The van der Waals surface area contributed by atoms with E-state index in [-0.39, 0.29) is 6.04 Å². The van der Waals surface area contributed by atoms with Gasteiger partial charge in [0.1, 0.15) is 0 Å². The van der Waals surface area contributed by atoms with E-state index in [9.17, 15) is 0 Å². The molecule has 0 radical (unpaired) electrons. The van der Waals surface area contributed by atoms with E-state index in [2.05, 4.69) is 43.0 Å². The van der Waals surface area contributed by atoms with Gasteiger partial charge in [0.2, 0.25) is 0 Å². The summed E-state index contributed by atoms with van der Waals surface area (Å²) in [7, 11) is 0. The number of nitrogens with two attached hydrogens (primary N) is 1. The molecule has 1 aromatic carbocycles. The van der Waals surface area contributed by atoms with Crippen LogP contribution < -0.4 is 5.73 Å². The van der Waals surface area contributed by atoms with Crippen molar-refractivity contribution in [3.63, 3.8) is 0 Å². The van der Waals surface area contributed by atoms with Gasteiger partial charge in [0.15, 0.2) is 0 Å². The Labute approximate surface area is 105 Å². The molecular formula is C15H24N2.